The van der Waals surface area contributed by atoms with E-state index in [4.69, 9.17) is 4.74 Å². The molecule has 1 rings (SSSR count). The number of hydrogen-bond donors (Lipinski definition) is 0. The third-order valence-corrected chi connectivity index (χ3v) is 2.78. The summed E-state index contributed by atoms with van der Waals surface area (Å²) in [5.74, 6) is 0.735. The van der Waals surface area contributed by atoms with Gasteiger partial charge < -0.3 is 4.74 Å². The van der Waals surface area contributed by atoms with Gasteiger partial charge in [0.1, 0.15) is 0 Å². The van der Waals surface area contributed by atoms with Gasteiger partial charge in [-0.05, 0) is 13.0 Å². The highest BCUT2D eigenvalue weighted by Crippen LogP contribution is 2.28. The topological polar surface area (TPSA) is 52.4 Å². The predicted molar refractivity (Wildman–Crippen MR) is 60.3 cm³/mol. The Morgan fingerprint density at radius 2 is 2.20 bits per heavy atom. The third-order valence-electron chi connectivity index (χ3n) is 1.75. The lowest BCUT2D eigenvalue weighted by atomic mass is 10.3. The van der Waals surface area contributed by atoms with Crippen molar-refractivity contribution in [3.8, 4) is 0 Å². The summed E-state index contributed by atoms with van der Waals surface area (Å²) in [5.41, 5.74) is 0.166. The largest absolute Gasteiger partial charge is 0.381 e. The van der Waals surface area contributed by atoms with Gasteiger partial charge in [0.05, 0.1) is 16.4 Å². The van der Waals surface area contributed by atoms with Crippen molar-refractivity contribution in [2.24, 2.45) is 0 Å². The quantitative estimate of drug-likeness (QED) is 0.324. The van der Waals surface area contributed by atoms with E-state index in [1.54, 1.807) is 18.2 Å². The zero-order valence-electron chi connectivity index (χ0n) is 8.51. The van der Waals surface area contributed by atoms with Crippen LogP contribution >= 0.6 is 11.8 Å². The Labute approximate surface area is 92.8 Å². The monoisotopic (exact) mass is 227 g/mol. The maximum absolute atomic E-state index is 10.7. The van der Waals surface area contributed by atoms with Crippen molar-refractivity contribution in [2.75, 3.05) is 19.0 Å². The summed E-state index contributed by atoms with van der Waals surface area (Å²) >= 11 is 1.45. The predicted octanol–water partition coefficient (Wildman–Crippen LogP) is 2.72. The van der Waals surface area contributed by atoms with E-state index in [0.29, 0.717) is 18.1 Å². The van der Waals surface area contributed by atoms with E-state index in [1.165, 1.54) is 17.8 Å². The molecule has 0 saturated heterocycles. The first kappa shape index (κ1) is 12.0. The summed E-state index contributed by atoms with van der Waals surface area (Å²) in [7, 11) is 0. The molecule has 0 radical (unpaired) electrons. The molecule has 0 aromatic heterocycles. The first-order chi connectivity index (χ1) is 7.25. The van der Waals surface area contributed by atoms with Gasteiger partial charge in [-0.25, -0.2) is 0 Å². The van der Waals surface area contributed by atoms with Crippen molar-refractivity contribution < 1.29 is 9.66 Å². The minimum Gasteiger partial charge on any atom is -0.381 e. The molecule has 0 heterocycles. The zero-order chi connectivity index (χ0) is 11.1. The summed E-state index contributed by atoms with van der Waals surface area (Å²) in [6.07, 6.45) is 0. The van der Waals surface area contributed by atoms with E-state index in [2.05, 4.69) is 0 Å². The molecule has 0 unspecified atom stereocenters. The first-order valence-corrected chi connectivity index (χ1v) is 5.68. The number of hydrogen-bond acceptors (Lipinski definition) is 4. The highest BCUT2D eigenvalue weighted by molar-refractivity contribution is 7.99. The van der Waals surface area contributed by atoms with Crippen LogP contribution in [0.2, 0.25) is 0 Å². The molecule has 0 bridgehead atoms. The van der Waals surface area contributed by atoms with Crippen molar-refractivity contribution in [2.45, 2.75) is 11.8 Å². The number of thioether (sulfide) groups is 1. The molecule has 0 aliphatic rings. The lowest BCUT2D eigenvalue weighted by Gasteiger charge is -2.02. The van der Waals surface area contributed by atoms with Gasteiger partial charge in [0.25, 0.3) is 5.69 Å². The van der Waals surface area contributed by atoms with Crippen LogP contribution in [-0.2, 0) is 4.74 Å². The van der Waals surface area contributed by atoms with Crippen LogP contribution in [0.3, 0.4) is 0 Å². The van der Waals surface area contributed by atoms with E-state index >= 15 is 0 Å². The lowest BCUT2D eigenvalue weighted by molar-refractivity contribution is -0.387. The Morgan fingerprint density at radius 1 is 1.47 bits per heavy atom. The van der Waals surface area contributed by atoms with Gasteiger partial charge in [0.2, 0.25) is 0 Å². The molecule has 5 heteroatoms. The standard InChI is InChI=1S/C10H13NO3S/c1-2-14-7-8-15-10-6-4-3-5-9(10)11(12)13/h3-6H,2,7-8H2,1H3. The Morgan fingerprint density at radius 3 is 2.87 bits per heavy atom. The van der Waals surface area contributed by atoms with Crippen molar-refractivity contribution in [3.63, 3.8) is 0 Å². The van der Waals surface area contributed by atoms with Crippen LogP contribution in [0, 0.1) is 10.1 Å². The average Bonchev–Trinajstić information content (AvgIpc) is 2.25. The maximum atomic E-state index is 10.7. The molecule has 0 amide bonds. The molecule has 1 aromatic carbocycles. The number of nitro benzene ring substituents is 1. The van der Waals surface area contributed by atoms with Crippen molar-refractivity contribution in [1.82, 2.24) is 0 Å². The van der Waals surface area contributed by atoms with Crippen LogP contribution in [-0.4, -0.2) is 23.9 Å². The zero-order valence-corrected chi connectivity index (χ0v) is 9.33. The smallest absolute Gasteiger partial charge is 0.282 e. The summed E-state index contributed by atoms with van der Waals surface area (Å²) in [5, 5.41) is 10.7. The molecule has 15 heavy (non-hydrogen) atoms. The van der Waals surface area contributed by atoms with Gasteiger partial charge in [-0.3, -0.25) is 10.1 Å². The molecule has 0 aliphatic heterocycles. The Kier molecular flexibility index (Phi) is 5.14. The number of ether oxygens (including phenoxy) is 1. The van der Waals surface area contributed by atoms with Gasteiger partial charge in [-0.2, -0.15) is 0 Å². The lowest BCUT2D eigenvalue weighted by Crippen LogP contribution is -1.97. The summed E-state index contributed by atoms with van der Waals surface area (Å²) < 4.78 is 5.16. The van der Waals surface area contributed by atoms with Crippen LogP contribution in [0.15, 0.2) is 29.2 Å². The summed E-state index contributed by atoms with van der Waals surface area (Å²) in [6.45, 7) is 3.22. The molecule has 82 valence electrons. The molecule has 0 aliphatic carbocycles. The molecule has 0 N–H and O–H groups in total. The van der Waals surface area contributed by atoms with Crippen LogP contribution in [0.25, 0.3) is 0 Å². The van der Waals surface area contributed by atoms with Gasteiger partial charge in [0.15, 0.2) is 0 Å². The van der Waals surface area contributed by atoms with E-state index in [0.717, 1.165) is 5.75 Å². The van der Waals surface area contributed by atoms with Gasteiger partial charge >= 0.3 is 0 Å². The van der Waals surface area contributed by atoms with Gasteiger partial charge in [-0.1, -0.05) is 12.1 Å². The minimum atomic E-state index is -0.358. The Balaban J connectivity index is 2.56. The second-order valence-electron chi connectivity index (χ2n) is 2.77. The van der Waals surface area contributed by atoms with Crippen LogP contribution in [0.4, 0.5) is 5.69 Å². The second kappa shape index (κ2) is 6.42. The fourth-order valence-electron chi connectivity index (χ4n) is 1.08. The SMILES string of the molecule is CCOCCSc1ccccc1[N+](=O)[O-]. The Bertz CT molecular complexity index is 330. The van der Waals surface area contributed by atoms with Crippen LogP contribution in [0.1, 0.15) is 6.92 Å². The number of rotatable bonds is 6. The van der Waals surface area contributed by atoms with Crippen molar-refractivity contribution in [3.05, 3.63) is 34.4 Å². The molecular weight excluding hydrogens is 214 g/mol. The van der Waals surface area contributed by atoms with Crippen LogP contribution < -0.4 is 0 Å². The average molecular weight is 227 g/mol. The number of para-hydroxylation sites is 1. The molecular formula is C10H13NO3S. The van der Waals surface area contributed by atoms with E-state index in [1.807, 2.05) is 6.92 Å². The molecule has 0 fully saturated rings. The molecule has 4 nitrogen and oxygen atoms in total. The van der Waals surface area contributed by atoms with Gasteiger partial charge in [-0.15, -0.1) is 11.8 Å². The number of benzene rings is 1. The maximum Gasteiger partial charge on any atom is 0.282 e. The normalized spacial score (nSPS) is 10.2. The van der Waals surface area contributed by atoms with E-state index in [9.17, 15) is 10.1 Å². The van der Waals surface area contributed by atoms with Crippen molar-refractivity contribution in [1.29, 1.82) is 0 Å². The van der Waals surface area contributed by atoms with E-state index in [-0.39, 0.29) is 10.6 Å². The van der Waals surface area contributed by atoms with Gasteiger partial charge in [0, 0.05) is 18.4 Å². The second-order valence-corrected chi connectivity index (χ2v) is 3.91. The number of nitro groups is 1. The molecule has 0 atom stereocenters. The number of nitrogens with zero attached hydrogens (tertiary/aromatic N) is 1. The third kappa shape index (κ3) is 3.89. The Hall–Kier alpha value is -1.07. The molecule has 1 aromatic rings. The highest BCUT2D eigenvalue weighted by Gasteiger charge is 2.11. The summed E-state index contributed by atoms with van der Waals surface area (Å²) in [6, 6.07) is 6.75. The van der Waals surface area contributed by atoms with Crippen LogP contribution in [0.5, 0.6) is 0 Å². The van der Waals surface area contributed by atoms with Crippen molar-refractivity contribution >= 4 is 17.4 Å². The molecule has 0 spiro atoms. The first-order valence-electron chi connectivity index (χ1n) is 4.69. The fourth-order valence-corrected chi connectivity index (χ4v) is 1.97. The summed E-state index contributed by atoms with van der Waals surface area (Å²) in [4.78, 5) is 11.0. The minimum absolute atomic E-state index is 0.166. The fraction of sp³-hybridized carbons (Fsp3) is 0.400. The van der Waals surface area contributed by atoms with E-state index < -0.39 is 0 Å². The molecule has 0 saturated carbocycles. The highest BCUT2D eigenvalue weighted by atomic mass is 32.2.